The second-order valence-electron chi connectivity index (χ2n) is 8.64. The number of hydrogen-bond acceptors (Lipinski definition) is 1. The van der Waals surface area contributed by atoms with Crippen LogP contribution in [-0.4, -0.2) is 31.6 Å². The Balaban J connectivity index is 0.000000568. The van der Waals surface area contributed by atoms with E-state index in [0.29, 0.717) is 35.8 Å². The van der Waals surface area contributed by atoms with Crippen molar-refractivity contribution in [2.24, 2.45) is 23.7 Å². The minimum absolute atomic E-state index is 0. The molecule has 0 aromatic rings. The first-order chi connectivity index (χ1) is 13.6. The molecule has 0 aromatic heterocycles. The number of nitrogens with zero attached hydrogens (tertiary/aromatic N) is 2. The summed E-state index contributed by atoms with van der Waals surface area (Å²) in [5.41, 5.74) is 0.748. The Bertz CT molecular complexity index is 724. The Morgan fingerprint density at radius 2 is 1.24 bits per heavy atom. The molecule has 5 rings (SSSR count). The Labute approximate surface area is 194 Å². The van der Waals surface area contributed by atoms with Gasteiger partial charge in [-0.15, -0.1) is 12.7 Å². The zero-order chi connectivity index (χ0) is 19.7. The molecule has 0 N–H and O–H groups in total. The van der Waals surface area contributed by atoms with E-state index >= 15 is 0 Å². The number of rotatable bonds is 2. The summed E-state index contributed by atoms with van der Waals surface area (Å²) in [7, 11) is 8.10. The number of fused-ring (bicyclic) bond motifs is 4. The summed E-state index contributed by atoms with van der Waals surface area (Å²) >= 11 is -0.556. The average Bonchev–Trinajstić information content (AvgIpc) is 3.29. The molecule has 5 unspecified atom stereocenters. The monoisotopic (exact) mass is 480 g/mol. The van der Waals surface area contributed by atoms with Crippen LogP contribution in [0.25, 0.3) is 5.32 Å². The molecule has 0 bridgehead atoms. The van der Waals surface area contributed by atoms with E-state index < -0.39 is 25.3 Å². The summed E-state index contributed by atoms with van der Waals surface area (Å²) in [6, 6.07) is 0.851. The van der Waals surface area contributed by atoms with Crippen LogP contribution in [0.1, 0.15) is 0 Å². The molecular formula is C23H30Cl2N2SiTi-2. The fraction of sp³-hybridized carbons (Fsp3) is 0.435. The van der Waals surface area contributed by atoms with Crippen molar-refractivity contribution in [1.29, 1.82) is 0 Å². The summed E-state index contributed by atoms with van der Waals surface area (Å²) < 4.78 is 2.79. The van der Waals surface area contributed by atoms with Crippen molar-refractivity contribution in [2.45, 2.75) is 30.7 Å². The van der Waals surface area contributed by atoms with E-state index in [1.165, 1.54) is 0 Å². The molecule has 1 saturated carbocycles. The molecule has 0 aromatic carbocycles. The molecule has 1 aliphatic heterocycles. The van der Waals surface area contributed by atoms with E-state index in [9.17, 15) is 0 Å². The maximum atomic E-state index is 4.94. The third kappa shape index (κ3) is 4.30. The topological polar surface area (TPSA) is 17.3 Å². The van der Waals surface area contributed by atoms with Crippen LogP contribution in [0.3, 0.4) is 0 Å². The Hall–Kier alpha value is -0.129. The summed E-state index contributed by atoms with van der Waals surface area (Å²) in [6.45, 7) is 6.10. The van der Waals surface area contributed by atoms with Gasteiger partial charge in [0.1, 0.15) is 8.24 Å². The van der Waals surface area contributed by atoms with Gasteiger partial charge in [-0.25, -0.2) is 0 Å². The Kier molecular flexibility index (Phi) is 8.11. The van der Waals surface area contributed by atoms with Crippen molar-refractivity contribution in [2.75, 3.05) is 6.67 Å². The van der Waals surface area contributed by atoms with Crippen LogP contribution in [0.2, 0.25) is 18.6 Å². The van der Waals surface area contributed by atoms with E-state index in [1.807, 2.05) is 0 Å². The Morgan fingerprint density at radius 1 is 0.793 bits per heavy atom. The van der Waals surface area contributed by atoms with Gasteiger partial charge in [0, 0.05) is 6.04 Å². The van der Waals surface area contributed by atoms with E-state index in [4.69, 9.17) is 23.9 Å². The molecule has 156 valence electrons. The normalized spacial score (nSPS) is 38.6. The predicted octanol–water partition coefficient (Wildman–Crippen LogP) is 6.63. The van der Waals surface area contributed by atoms with Gasteiger partial charge in [0.05, 0.1) is 0 Å². The zero-order valence-electron chi connectivity index (χ0n) is 17.3. The van der Waals surface area contributed by atoms with Crippen molar-refractivity contribution in [1.82, 2.24) is 4.57 Å². The van der Waals surface area contributed by atoms with Crippen LogP contribution in [0.4, 0.5) is 0 Å². The molecule has 0 amide bonds. The fourth-order valence-electron chi connectivity index (χ4n) is 6.04. The van der Waals surface area contributed by atoms with Crippen molar-refractivity contribution < 1.29 is 17.0 Å². The first kappa shape index (κ1) is 23.5. The van der Waals surface area contributed by atoms with Crippen LogP contribution in [0, 0.1) is 31.1 Å². The molecule has 1 heterocycles. The number of hydrogen-bond donors (Lipinski definition) is 0. The summed E-state index contributed by atoms with van der Waals surface area (Å²) in [6.07, 6.45) is 28.1. The van der Waals surface area contributed by atoms with Gasteiger partial charge in [-0.2, -0.15) is 0 Å². The van der Waals surface area contributed by atoms with Gasteiger partial charge in [0.25, 0.3) is 0 Å². The molecule has 1 saturated heterocycles. The van der Waals surface area contributed by atoms with Gasteiger partial charge in [-0.1, -0.05) is 86.0 Å². The van der Waals surface area contributed by atoms with E-state index in [-0.39, 0.29) is 7.43 Å². The first-order valence-corrected chi connectivity index (χ1v) is 17.4. The summed E-state index contributed by atoms with van der Waals surface area (Å²) in [5.74, 6) is 2.70. The molecule has 0 radical (unpaired) electrons. The van der Waals surface area contributed by atoms with E-state index in [1.54, 1.807) is 0 Å². The summed E-state index contributed by atoms with van der Waals surface area (Å²) in [5, 5.41) is 4.94. The van der Waals surface area contributed by atoms with Gasteiger partial charge >= 0.3 is 35.6 Å². The minimum atomic E-state index is -1.68. The zero-order valence-corrected chi connectivity index (χ0v) is 21.4. The first-order valence-electron chi connectivity index (χ1n) is 10.0. The van der Waals surface area contributed by atoms with Crippen molar-refractivity contribution >= 4 is 26.8 Å². The molecule has 2 nitrogen and oxygen atoms in total. The molecule has 4 aliphatic carbocycles. The summed E-state index contributed by atoms with van der Waals surface area (Å²) in [4.78, 5) is 0. The third-order valence-electron chi connectivity index (χ3n) is 7.16. The van der Waals surface area contributed by atoms with Crippen molar-refractivity contribution in [3.05, 3.63) is 85.7 Å². The fourth-order valence-corrected chi connectivity index (χ4v) is 10.4. The predicted molar refractivity (Wildman–Crippen MR) is 126 cm³/mol. The Morgan fingerprint density at radius 3 is 1.79 bits per heavy atom. The standard InChI is InChI=1S/C22H27N2Si.CH3.2ClH.Ti/c1-25(2,24-15-23-20-13-7-8-14-21(20)24)22-18-11-5-3-9-16(18)17-10-4-6-12-19(17)22;;;;/h3-14,16-22H,15H2,1-2H3;1H3;2*1H;/q2*-1;;;+2/p-2/t16?,17?,18?,19?,20?,21-,22?;;;;/m1..../s1. The molecule has 0 spiro atoms. The van der Waals surface area contributed by atoms with Crippen molar-refractivity contribution in [3.63, 3.8) is 0 Å². The van der Waals surface area contributed by atoms with Gasteiger partial charge in [0.2, 0.25) is 0 Å². The van der Waals surface area contributed by atoms with E-state index in [0.717, 1.165) is 12.2 Å². The SMILES string of the molecule is C[Si](C)(C1C2C=CC=CC2C2C=CC=CC21)N1C[N-]C2C=CC=C[C@H]21.[CH3-].[Cl][Ti][Cl]. The maximum absolute atomic E-state index is 4.94. The molecule has 6 heteroatoms. The quantitative estimate of drug-likeness (QED) is 0.320. The molecule has 6 atom stereocenters. The van der Waals surface area contributed by atoms with Crippen LogP contribution in [0.5, 0.6) is 0 Å². The van der Waals surface area contributed by atoms with Crippen LogP contribution < -0.4 is 0 Å². The van der Waals surface area contributed by atoms with E-state index in [2.05, 4.69) is 90.6 Å². The second-order valence-corrected chi connectivity index (χ2v) is 15.8. The van der Waals surface area contributed by atoms with Crippen LogP contribution in [0.15, 0.2) is 72.9 Å². The van der Waals surface area contributed by atoms with Gasteiger partial charge in [0.15, 0.2) is 0 Å². The molecule has 5 aliphatic rings. The number of allylic oxidation sites excluding steroid dienone is 10. The van der Waals surface area contributed by atoms with Crippen LogP contribution >= 0.6 is 18.6 Å². The van der Waals surface area contributed by atoms with Crippen molar-refractivity contribution in [3.8, 4) is 0 Å². The third-order valence-corrected chi connectivity index (χ3v) is 11.5. The second kappa shape index (κ2) is 10.00. The van der Waals surface area contributed by atoms with Gasteiger partial charge < -0.3 is 17.3 Å². The molecular weight excluding hydrogens is 451 g/mol. The molecule has 29 heavy (non-hydrogen) atoms. The van der Waals surface area contributed by atoms with Crippen LogP contribution in [-0.2, 0) is 17.0 Å². The average molecular weight is 481 g/mol. The van der Waals surface area contributed by atoms with Gasteiger partial charge in [-0.3, -0.25) is 0 Å². The number of halogens is 2. The van der Waals surface area contributed by atoms with Gasteiger partial charge in [-0.05, 0) is 29.2 Å². The molecule has 2 fully saturated rings.